The van der Waals surface area contributed by atoms with Crippen molar-refractivity contribution in [2.45, 2.75) is 64.4 Å². The van der Waals surface area contributed by atoms with Gasteiger partial charge in [0.25, 0.3) is 0 Å². The summed E-state index contributed by atoms with van der Waals surface area (Å²) in [6, 6.07) is 0. The lowest BCUT2D eigenvalue weighted by molar-refractivity contribution is -0.133. The fraction of sp³-hybridized carbons (Fsp3) is 0.842. The van der Waals surface area contributed by atoms with Gasteiger partial charge in [-0.2, -0.15) is 0 Å². The summed E-state index contributed by atoms with van der Waals surface area (Å²) in [7, 11) is 0. The van der Waals surface area contributed by atoms with Gasteiger partial charge in [-0.05, 0) is 62.7 Å². The Hall–Kier alpha value is -0.670. The average molecular weight is 304 g/mol. The molecule has 0 heterocycles. The summed E-state index contributed by atoms with van der Waals surface area (Å²) in [6.07, 6.45) is 9.45. The second kappa shape index (κ2) is 4.91. The molecule has 0 aromatic carbocycles. The lowest BCUT2D eigenvalue weighted by Crippen LogP contribution is -2.53. The Morgan fingerprint density at radius 3 is 2.82 bits per heavy atom. The summed E-state index contributed by atoms with van der Waals surface area (Å²) in [5, 5.41) is 20.3. The van der Waals surface area contributed by atoms with E-state index in [2.05, 4.69) is 13.0 Å². The standard InChI is InChI=1S/C19H28O3/c1-18-8-7-16-14(15(18)4-5-17(18)22)3-2-12-10-13(21)6-9-19(12,16)11-20/h2,13-16,20-21H,3-11H2,1H3/t13-,14-,15-,16-,18+,19-/m1/s1. The van der Waals surface area contributed by atoms with Crippen molar-refractivity contribution in [3.8, 4) is 0 Å². The molecule has 0 aromatic rings. The number of hydrogen-bond acceptors (Lipinski definition) is 3. The van der Waals surface area contributed by atoms with Crippen LogP contribution in [-0.4, -0.2) is 28.7 Å². The van der Waals surface area contributed by atoms with Gasteiger partial charge in [-0.3, -0.25) is 4.79 Å². The van der Waals surface area contributed by atoms with E-state index >= 15 is 0 Å². The molecule has 0 radical (unpaired) electrons. The topological polar surface area (TPSA) is 57.5 Å². The SMILES string of the molecule is C[C@]12CC[C@@H]3[C@H](CC=C4C[C@H](O)CC[C@@]43CO)[C@H]1CCC2=O. The molecule has 6 atom stereocenters. The van der Waals surface area contributed by atoms with E-state index in [0.29, 0.717) is 23.5 Å². The first-order valence-electron chi connectivity index (χ1n) is 9.03. The van der Waals surface area contributed by atoms with Crippen LogP contribution in [0, 0.1) is 28.6 Å². The zero-order valence-electron chi connectivity index (χ0n) is 13.6. The number of carbonyl (C=O) groups excluding carboxylic acids is 1. The highest BCUT2D eigenvalue weighted by Gasteiger charge is 2.59. The van der Waals surface area contributed by atoms with Gasteiger partial charge in [-0.15, -0.1) is 0 Å². The number of carbonyl (C=O) groups is 1. The molecule has 0 aromatic heterocycles. The van der Waals surface area contributed by atoms with Gasteiger partial charge in [-0.25, -0.2) is 0 Å². The second-order valence-electron chi connectivity index (χ2n) is 8.47. The van der Waals surface area contributed by atoms with Crippen molar-refractivity contribution in [2.75, 3.05) is 6.61 Å². The first-order chi connectivity index (χ1) is 10.5. The summed E-state index contributed by atoms with van der Waals surface area (Å²) in [5.41, 5.74) is 1.11. The molecule has 4 aliphatic carbocycles. The smallest absolute Gasteiger partial charge is 0.139 e. The Morgan fingerprint density at radius 1 is 1.23 bits per heavy atom. The minimum atomic E-state index is -0.232. The number of fused-ring (bicyclic) bond motifs is 5. The number of hydrogen-bond donors (Lipinski definition) is 2. The lowest BCUT2D eigenvalue weighted by atomic mass is 9.47. The van der Waals surface area contributed by atoms with Crippen molar-refractivity contribution in [3.63, 3.8) is 0 Å². The van der Waals surface area contributed by atoms with Crippen molar-refractivity contribution in [1.82, 2.24) is 0 Å². The van der Waals surface area contributed by atoms with E-state index in [1.165, 1.54) is 5.57 Å². The molecule has 4 aliphatic rings. The maximum atomic E-state index is 12.4. The van der Waals surface area contributed by atoms with Crippen molar-refractivity contribution < 1.29 is 15.0 Å². The number of ketones is 1. The third-order valence-electron chi connectivity index (χ3n) is 7.79. The van der Waals surface area contributed by atoms with Crippen LogP contribution in [0.25, 0.3) is 0 Å². The molecule has 22 heavy (non-hydrogen) atoms. The van der Waals surface area contributed by atoms with Gasteiger partial charge in [0.1, 0.15) is 5.78 Å². The first-order valence-corrected chi connectivity index (χ1v) is 9.03. The zero-order valence-corrected chi connectivity index (χ0v) is 13.6. The molecule has 4 rings (SSSR count). The normalized spacial score (nSPS) is 50.9. The van der Waals surface area contributed by atoms with E-state index in [-0.39, 0.29) is 23.5 Å². The van der Waals surface area contributed by atoms with Crippen molar-refractivity contribution in [2.24, 2.45) is 28.6 Å². The average Bonchev–Trinajstić information content (AvgIpc) is 2.82. The van der Waals surface area contributed by atoms with Crippen LogP contribution in [-0.2, 0) is 4.79 Å². The Morgan fingerprint density at radius 2 is 2.05 bits per heavy atom. The van der Waals surface area contributed by atoms with Gasteiger partial charge < -0.3 is 10.2 Å². The number of aliphatic hydroxyl groups is 2. The van der Waals surface area contributed by atoms with Gasteiger partial charge in [0.2, 0.25) is 0 Å². The highest BCUT2D eigenvalue weighted by atomic mass is 16.3. The van der Waals surface area contributed by atoms with Crippen LogP contribution in [0.5, 0.6) is 0 Å². The summed E-state index contributed by atoms with van der Waals surface area (Å²) in [6.45, 7) is 2.41. The van der Waals surface area contributed by atoms with E-state index in [0.717, 1.165) is 51.4 Å². The molecule has 122 valence electrons. The van der Waals surface area contributed by atoms with Gasteiger partial charge in [0, 0.05) is 17.3 Å². The van der Waals surface area contributed by atoms with Crippen LogP contribution in [0.4, 0.5) is 0 Å². The van der Waals surface area contributed by atoms with Crippen LogP contribution < -0.4 is 0 Å². The maximum Gasteiger partial charge on any atom is 0.139 e. The molecule has 0 amide bonds. The Bertz CT molecular complexity index is 525. The minimum Gasteiger partial charge on any atom is -0.395 e. The predicted octanol–water partition coefficient (Wildman–Crippen LogP) is 2.85. The first kappa shape index (κ1) is 14.9. The third kappa shape index (κ3) is 1.78. The van der Waals surface area contributed by atoms with Crippen molar-refractivity contribution in [3.05, 3.63) is 11.6 Å². The highest BCUT2D eigenvalue weighted by molar-refractivity contribution is 5.87. The van der Waals surface area contributed by atoms with Gasteiger partial charge in [0.05, 0.1) is 12.7 Å². The van der Waals surface area contributed by atoms with E-state index in [1.807, 2.05) is 0 Å². The summed E-state index contributed by atoms with van der Waals surface area (Å²) >= 11 is 0. The van der Waals surface area contributed by atoms with Crippen LogP contribution >= 0.6 is 0 Å². The molecule has 3 nitrogen and oxygen atoms in total. The molecule has 0 saturated heterocycles. The van der Waals surface area contributed by atoms with Crippen molar-refractivity contribution in [1.29, 1.82) is 0 Å². The molecule has 0 unspecified atom stereocenters. The number of aliphatic hydroxyl groups excluding tert-OH is 2. The molecule has 3 heteroatoms. The highest BCUT2D eigenvalue weighted by Crippen LogP contribution is 2.63. The van der Waals surface area contributed by atoms with E-state index in [9.17, 15) is 15.0 Å². The third-order valence-corrected chi connectivity index (χ3v) is 7.79. The number of Topliss-reactive ketones (excluding diaryl/α,β-unsaturated/α-hetero) is 1. The van der Waals surface area contributed by atoms with Crippen LogP contribution in [0.1, 0.15) is 58.3 Å². The van der Waals surface area contributed by atoms with E-state index < -0.39 is 0 Å². The summed E-state index contributed by atoms with van der Waals surface area (Å²) in [4.78, 5) is 12.4. The van der Waals surface area contributed by atoms with Gasteiger partial charge in [-0.1, -0.05) is 18.6 Å². The van der Waals surface area contributed by atoms with Gasteiger partial charge >= 0.3 is 0 Å². The second-order valence-corrected chi connectivity index (χ2v) is 8.47. The zero-order chi connectivity index (χ0) is 15.5. The fourth-order valence-electron chi connectivity index (χ4n) is 6.50. The lowest BCUT2D eigenvalue weighted by Gasteiger charge is -2.57. The summed E-state index contributed by atoms with van der Waals surface area (Å²) in [5.74, 6) is 2.04. The molecular weight excluding hydrogens is 276 g/mol. The van der Waals surface area contributed by atoms with E-state index in [1.54, 1.807) is 0 Å². The molecule has 0 bridgehead atoms. The van der Waals surface area contributed by atoms with E-state index in [4.69, 9.17) is 0 Å². The van der Waals surface area contributed by atoms with Crippen molar-refractivity contribution >= 4 is 5.78 Å². The predicted molar refractivity (Wildman–Crippen MR) is 84.1 cm³/mol. The molecule has 3 fully saturated rings. The number of allylic oxidation sites excluding steroid dienone is 1. The Labute approximate surface area is 132 Å². The Kier molecular flexibility index (Phi) is 3.32. The molecule has 3 saturated carbocycles. The molecule has 0 spiro atoms. The van der Waals surface area contributed by atoms with Crippen LogP contribution in [0.15, 0.2) is 11.6 Å². The molecule has 2 N–H and O–H groups in total. The number of rotatable bonds is 1. The van der Waals surface area contributed by atoms with Crippen LogP contribution in [0.2, 0.25) is 0 Å². The van der Waals surface area contributed by atoms with Gasteiger partial charge in [0.15, 0.2) is 0 Å². The minimum absolute atomic E-state index is 0.0999. The maximum absolute atomic E-state index is 12.4. The largest absolute Gasteiger partial charge is 0.395 e. The van der Waals surface area contributed by atoms with Crippen LogP contribution in [0.3, 0.4) is 0 Å². The summed E-state index contributed by atoms with van der Waals surface area (Å²) < 4.78 is 0. The Balaban J connectivity index is 1.72. The quantitative estimate of drug-likeness (QED) is 0.732. The fourth-order valence-corrected chi connectivity index (χ4v) is 6.50. The monoisotopic (exact) mass is 304 g/mol. The molecular formula is C19H28O3. The molecule has 0 aliphatic heterocycles.